The Morgan fingerprint density at radius 1 is 0.370 bits per heavy atom. The number of ether oxygens (including phenoxy) is 1. The largest absolute Gasteiger partial charge is 0.466 e. The fourth-order valence-corrected chi connectivity index (χ4v) is 10.4. The molecule has 6 heteroatoms. The number of carbonyl (C=O) groups is 2. The van der Waals surface area contributed by atoms with Gasteiger partial charge in [0.1, 0.15) is 0 Å². The average Bonchev–Trinajstić information content (AvgIpc) is 3.39. The van der Waals surface area contributed by atoms with E-state index in [4.69, 9.17) is 4.74 Å². The van der Waals surface area contributed by atoms with Crippen LogP contribution < -0.4 is 5.32 Å². The Bertz CT molecular complexity index is 1140. The third kappa shape index (κ3) is 59.4. The van der Waals surface area contributed by atoms with Crippen LogP contribution in [0.25, 0.3) is 0 Å². The standard InChI is InChI=1S/C67H129NO5/c1-3-5-7-9-11-13-15-17-19-21-24-29-33-37-41-45-49-53-57-61-67(72)73-62-58-54-50-46-42-38-34-30-26-23-22-25-28-32-36-40-44-48-52-56-60-66(71)68-64(63-69)65(70)59-55-51-47-43-39-35-31-27-20-18-16-14-12-10-8-6-4-2/h17,19,22,25,64-65,69-70H,3-16,18,20-21,23-24,26-63H2,1-2H3,(H,68,71)/b19-17-,25-22-. The van der Waals surface area contributed by atoms with Crippen molar-refractivity contribution in [3.63, 3.8) is 0 Å². The lowest BCUT2D eigenvalue weighted by molar-refractivity contribution is -0.143. The molecule has 0 saturated carbocycles. The number of esters is 1. The molecule has 0 aromatic rings. The minimum Gasteiger partial charge on any atom is -0.466 e. The van der Waals surface area contributed by atoms with Crippen molar-refractivity contribution < 1.29 is 24.5 Å². The fraction of sp³-hybridized carbons (Fsp3) is 0.910. The lowest BCUT2D eigenvalue weighted by Gasteiger charge is -2.22. The van der Waals surface area contributed by atoms with Gasteiger partial charge in [0.15, 0.2) is 0 Å². The van der Waals surface area contributed by atoms with Gasteiger partial charge in [0, 0.05) is 12.8 Å². The Kier molecular flexibility index (Phi) is 61.4. The number of hydrogen-bond donors (Lipinski definition) is 3. The van der Waals surface area contributed by atoms with Crippen molar-refractivity contribution in [2.75, 3.05) is 13.2 Å². The summed E-state index contributed by atoms with van der Waals surface area (Å²) in [5.41, 5.74) is 0. The van der Waals surface area contributed by atoms with E-state index in [1.807, 2.05) is 0 Å². The van der Waals surface area contributed by atoms with Gasteiger partial charge in [-0.2, -0.15) is 0 Å². The maximum Gasteiger partial charge on any atom is 0.305 e. The number of aliphatic hydroxyl groups is 2. The fourth-order valence-electron chi connectivity index (χ4n) is 10.4. The van der Waals surface area contributed by atoms with Gasteiger partial charge in [0.2, 0.25) is 5.91 Å². The second-order valence-electron chi connectivity index (χ2n) is 22.8. The average molecular weight is 1030 g/mol. The van der Waals surface area contributed by atoms with Gasteiger partial charge in [0.05, 0.1) is 25.4 Å². The molecule has 0 spiro atoms. The van der Waals surface area contributed by atoms with E-state index >= 15 is 0 Å². The zero-order valence-corrected chi connectivity index (χ0v) is 49.4. The summed E-state index contributed by atoms with van der Waals surface area (Å²) in [4.78, 5) is 24.6. The van der Waals surface area contributed by atoms with E-state index in [0.717, 1.165) is 44.9 Å². The molecule has 0 bridgehead atoms. The maximum atomic E-state index is 12.5. The van der Waals surface area contributed by atoms with E-state index in [0.29, 0.717) is 25.9 Å². The highest BCUT2D eigenvalue weighted by Gasteiger charge is 2.20. The van der Waals surface area contributed by atoms with E-state index in [1.165, 1.54) is 289 Å². The molecule has 0 radical (unpaired) electrons. The smallest absolute Gasteiger partial charge is 0.305 e. The number of amides is 1. The van der Waals surface area contributed by atoms with Crippen LogP contribution in [-0.2, 0) is 14.3 Å². The number of unbranched alkanes of at least 4 members (excludes halogenated alkanes) is 47. The molecule has 0 aliphatic heterocycles. The van der Waals surface area contributed by atoms with Crippen molar-refractivity contribution >= 4 is 11.9 Å². The summed E-state index contributed by atoms with van der Waals surface area (Å²) in [6.07, 6.45) is 77.7. The Morgan fingerprint density at radius 2 is 0.644 bits per heavy atom. The molecule has 3 N–H and O–H groups in total. The van der Waals surface area contributed by atoms with E-state index < -0.39 is 12.1 Å². The van der Waals surface area contributed by atoms with Crippen LogP contribution in [0.15, 0.2) is 24.3 Å². The monoisotopic (exact) mass is 1030 g/mol. The molecule has 0 aromatic carbocycles. The van der Waals surface area contributed by atoms with Crippen molar-refractivity contribution in [2.24, 2.45) is 0 Å². The van der Waals surface area contributed by atoms with Crippen LogP contribution in [0.1, 0.15) is 367 Å². The highest BCUT2D eigenvalue weighted by Crippen LogP contribution is 2.18. The van der Waals surface area contributed by atoms with E-state index in [2.05, 4.69) is 43.5 Å². The predicted molar refractivity (Wildman–Crippen MR) is 320 cm³/mol. The van der Waals surface area contributed by atoms with Gasteiger partial charge in [-0.1, -0.05) is 301 Å². The lowest BCUT2D eigenvalue weighted by atomic mass is 10.0. The molecule has 2 atom stereocenters. The number of nitrogens with one attached hydrogen (secondary N) is 1. The van der Waals surface area contributed by atoms with Crippen LogP contribution in [-0.4, -0.2) is 47.4 Å². The summed E-state index contributed by atoms with van der Waals surface area (Å²) in [7, 11) is 0. The van der Waals surface area contributed by atoms with E-state index in [1.54, 1.807) is 0 Å². The highest BCUT2D eigenvalue weighted by atomic mass is 16.5. The molecule has 73 heavy (non-hydrogen) atoms. The van der Waals surface area contributed by atoms with Crippen LogP contribution in [0, 0.1) is 0 Å². The minimum absolute atomic E-state index is 0.00657. The summed E-state index contributed by atoms with van der Waals surface area (Å²) in [5, 5.41) is 23.3. The first-order chi connectivity index (χ1) is 36.0. The third-order valence-electron chi connectivity index (χ3n) is 15.5. The van der Waals surface area contributed by atoms with Crippen molar-refractivity contribution in [3.05, 3.63) is 24.3 Å². The molecule has 0 aliphatic carbocycles. The summed E-state index contributed by atoms with van der Waals surface area (Å²) in [6.45, 7) is 4.97. The molecular weight excluding hydrogens is 899 g/mol. The van der Waals surface area contributed by atoms with Gasteiger partial charge in [0.25, 0.3) is 0 Å². The third-order valence-corrected chi connectivity index (χ3v) is 15.5. The van der Waals surface area contributed by atoms with Gasteiger partial charge in [-0.15, -0.1) is 0 Å². The lowest BCUT2D eigenvalue weighted by Crippen LogP contribution is -2.45. The van der Waals surface area contributed by atoms with Crippen LogP contribution in [0.5, 0.6) is 0 Å². The minimum atomic E-state index is -0.670. The number of rotatable bonds is 62. The molecule has 0 aromatic heterocycles. The predicted octanol–water partition coefficient (Wildman–Crippen LogP) is 21.0. The molecular formula is C67H129NO5. The van der Waals surface area contributed by atoms with Crippen LogP contribution >= 0.6 is 0 Å². The zero-order chi connectivity index (χ0) is 52.9. The molecule has 2 unspecified atom stereocenters. The molecule has 432 valence electrons. The Morgan fingerprint density at radius 3 is 0.973 bits per heavy atom. The van der Waals surface area contributed by atoms with E-state index in [-0.39, 0.29) is 18.5 Å². The number of hydrogen-bond acceptors (Lipinski definition) is 5. The van der Waals surface area contributed by atoms with Gasteiger partial charge in [-0.3, -0.25) is 9.59 Å². The molecule has 0 aliphatic rings. The van der Waals surface area contributed by atoms with Crippen molar-refractivity contribution in [1.82, 2.24) is 5.32 Å². The number of aliphatic hydroxyl groups excluding tert-OH is 2. The first-order valence-electron chi connectivity index (χ1n) is 33.1. The van der Waals surface area contributed by atoms with Crippen LogP contribution in [0.2, 0.25) is 0 Å². The Balaban J connectivity index is 3.41. The molecule has 0 saturated heterocycles. The van der Waals surface area contributed by atoms with Gasteiger partial charge in [-0.25, -0.2) is 0 Å². The molecule has 1 amide bonds. The quantitative estimate of drug-likeness (QED) is 0.0320. The van der Waals surface area contributed by atoms with Crippen LogP contribution in [0.3, 0.4) is 0 Å². The second-order valence-corrected chi connectivity index (χ2v) is 22.8. The molecule has 0 rings (SSSR count). The first kappa shape index (κ1) is 71.3. The van der Waals surface area contributed by atoms with Gasteiger partial charge in [-0.05, 0) is 77.0 Å². The molecule has 6 nitrogen and oxygen atoms in total. The number of allylic oxidation sites excluding steroid dienone is 4. The van der Waals surface area contributed by atoms with Crippen LogP contribution in [0.4, 0.5) is 0 Å². The summed E-state index contributed by atoms with van der Waals surface area (Å²) in [5.74, 6) is -0.0342. The van der Waals surface area contributed by atoms with Gasteiger partial charge < -0.3 is 20.3 Å². The Labute approximate surface area is 456 Å². The van der Waals surface area contributed by atoms with Crippen molar-refractivity contribution in [2.45, 2.75) is 379 Å². The summed E-state index contributed by atoms with van der Waals surface area (Å²) < 4.78 is 5.50. The Hall–Kier alpha value is -1.66. The topological polar surface area (TPSA) is 95.9 Å². The molecule has 0 fully saturated rings. The van der Waals surface area contributed by atoms with Crippen molar-refractivity contribution in [3.8, 4) is 0 Å². The zero-order valence-electron chi connectivity index (χ0n) is 49.4. The molecule has 0 heterocycles. The maximum absolute atomic E-state index is 12.5. The number of carbonyl (C=O) groups excluding carboxylic acids is 2. The first-order valence-corrected chi connectivity index (χ1v) is 33.1. The van der Waals surface area contributed by atoms with E-state index in [9.17, 15) is 19.8 Å². The van der Waals surface area contributed by atoms with Crippen molar-refractivity contribution in [1.29, 1.82) is 0 Å². The highest BCUT2D eigenvalue weighted by molar-refractivity contribution is 5.76. The summed E-state index contributed by atoms with van der Waals surface area (Å²) in [6, 6.07) is -0.548. The second kappa shape index (κ2) is 62.9. The van der Waals surface area contributed by atoms with Gasteiger partial charge >= 0.3 is 5.97 Å². The summed E-state index contributed by atoms with van der Waals surface area (Å²) >= 11 is 0. The normalized spacial score (nSPS) is 12.7. The SMILES string of the molecule is CCCCCCCC/C=C\CCCCCCCCCCCC(=O)OCCCCCCCCCCC/C=C\CCCCCCCCCC(=O)NC(CO)C(O)CCCCCCCCCCCCCCCCCCC.